The van der Waals surface area contributed by atoms with Gasteiger partial charge in [0.2, 0.25) is 0 Å². The van der Waals surface area contributed by atoms with Gasteiger partial charge in [-0.05, 0) is 123 Å². The van der Waals surface area contributed by atoms with Crippen molar-refractivity contribution in [3.63, 3.8) is 0 Å². The Labute approximate surface area is 395 Å². The van der Waals surface area contributed by atoms with Crippen LogP contribution in [0, 0.1) is 0 Å². The molecule has 0 N–H and O–H groups in total. The number of benzene rings is 11. The average Bonchev–Trinajstić information content (AvgIpc) is 4.02. The fourth-order valence-corrected chi connectivity index (χ4v) is 11.8. The zero-order valence-electron chi connectivity index (χ0n) is 37.2. The molecule has 1 heterocycles. The second-order valence-corrected chi connectivity index (χ2v) is 18.0. The maximum absolute atomic E-state index is 2.49. The normalized spacial score (nSPS) is 14.2. The summed E-state index contributed by atoms with van der Waals surface area (Å²) in [7, 11) is 0. The lowest BCUT2D eigenvalue weighted by atomic mass is 9.70. The van der Waals surface area contributed by atoms with Crippen LogP contribution in [0.4, 0.5) is 34.1 Å². The van der Waals surface area contributed by atoms with E-state index in [4.69, 9.17) is 0 Å². The van der Waals surface area contributed by atoms with Crippen molar-refractivity contribution < 1.29 is 0 Å². The number of nitrogens with zero attached hydrogens (tertiary/aromatic N) is 3. The zero-order chi connectivity index (χ0) is 44.8. The van der Waals surface area contributed by atoms with Gasteiger partial charge in [0, 0.05) is 50.2 Å². The highest BCUT2D eigenvalue weighted by Gasteiger charge is 2.52. The topological polar surface area (TPSA) is 11.4 Å². The van der Waals surface area contributed by atoms with E-state index in [0.717, 1.165) is 39.8 Å². The van der Waals surface area contributed by atoms with Crippen LogP contribution < -0.4 is 9.80 Å². The van der Waals surface area contributed by atoms with E-state index in [0.29, 0.717) is 0 Å². The van der Waals surface area contributed by atoms with Gasteiger partial charge in [0.15, 0.2) is 0 Å². The molecule has 318 valence electrons. The van der Waals surface area contributed by atoms with Crippen LogP contribution in [0.15, 0.2) is 261 Å². The number of fused-ring (bicyclic) bond motifs is 14. The molecule has 1 atom stereocenters. The number of rotatable bonds is 7. The Morgan fingerprint density at radius 1 is 0.294 bits per heavy atom. The molecule has 14 rings (SSSR count). The molecule has 0 saturated heterocycles. The molecule has 0 aliphatic heterocycles. The maximum Gasteiger partial charge on any atom is 0.0727 e. The van der Waals surface area contributed by atoms with Crippen molar-refractivity contribution in [3.05, 3.63) is 283 Å². The smallest absolute Gasteiger partial charge is 0.0727 e. The minimum atomic E-state index is -0.586. The third-order valence-electron chi connectivity index (χ3n) is 14.5. The first-order valence-electron chi connectivity index (χ1n) is 23.5. The SMILES string of the molecule is c1ccc(N(c2ccc3c4ccccc4n(-c4ccccc4)c3c2)c2cccc3c2-c2ccccc2C32c3ccccc3-c3ccc(N(c4ccccc4)c4cccc5ccccc45)cc32)cc1. The molecular weight excluding hydrogens is 823 g/mol. The molecule has 12 aromatic rings. The highest BCUT2D eigenvalue weighted by atomic mass is 15.2. The quantitative estimate of drug-likeness (QED) is 0.158. The van der Waals surface area contributed by atoms with Crippen LogP contribution in [-0.4, -0.2) is 4.57 Å². The number of hydrogen-bond acceptors (Lipinski definition) is 2. The van der Waals surface area contributed by atoms with Gasteiger partial charge in [-0.2, -0.15) is 0 Å². The third-order valence-corrected chi connectivity index (χ3v) is 14.5. The van der Waals surface area contributed by atoms with Gasteiger partial charge in [-0.3, -0.25) is 0 Å². The molecular formula is C65H43N3. The molecule has 0 fully saturated rings. The van der Waals surface area contributed by atoms with E-state index >= 15 is 0 Å². The minimum absolute atomic E-state index is 0.586. The van der Waals surface area contributed by atoms with Gasteiger partial charge in [0.1, 0.15) is 0 Å². The molecule has 0 saturated carbocycles. The molecule has 1 aromatic heterocycles. The molecule has 1 unspecified atom stereocenters. The summed E-state index contributed by atoms with van der Waals surface area (Å²) >= 11 is 0. The summed E-state index contributed by atoms with van der Waals surface area (Å²) < 4.78 is 2.41. The van der Waals surface area contributed by atoms with E-state index < -0.39 is 5.41 Å². The second-order valence-electron chi connectivity index (χ2n) is 18.0. The highest BCUT2D eigenvalue weighted by molar-refractivity contribution is 6.11. The summed E-state index contributed by atoms with van der Waals surface area (Å²) in [4.78, 5) is 4.93. The van der Waals surface area contributed by atoms with Crippen LogP contribution in [0.25, 0.3) is 60.5 Å². The van der Waals surface area contributed by atoms with Crippen molar-refractivity contribution in [2.24, 2.45) is 0 Å². The molecule has 2 aliphatic rings. The van der Waals surface area contributed by atoms with E-state index in [1.807, 2.05) is 0 Å². The van der Waals surface area contributed by atoms with Gasteiger partial charge in [0.25, 0.3) is 0 Å². The summed E-state index contributed by atoms with van der Waals surface area (Å²) in [5.41, 5.74) is 19.9. The molecule has 0 bridgehead atoms. The van der Waals surface area contributed by atoms with Gasteiger partial charge in [0.05, 0.1) is 27.8 Å². The molecule has 2 aliphatic carbocycles. The number of anilines is 6. The third kappa shape index (κ3) is 5.47. The van der Waals surface area contributed by atoms with Crippen LogP contribution in [0.1, 0.15) is 22.3 Å². The fourth-order valence-electron chi connectivity index (χ4n) is 11.8. The second kappa shape index (κ2) is 15.1. The zero-order valence-corrected chi connectivity index (χ0v) is 37.2. The maximum atomic E-state index is 2.49. The monoisotopic (exact) mass is 865 g/mol. The fraction of sp³-hybridized carbons (Fsp3) is 0.0154. The van der Waals surface area contributed by atoms with E-state index in [1.165, 1.54) is 77.1 Å². The summed E-state index contributed by atoms with van der Waals surface area (Å²) in [6.07, 6.45) is 0. The van der Waals surface area contributed by atoms with Crippen molar-refractivity contribution in [1.82, 2.24) is 4.57 Å². The summed E-state index contributed by atoms with van der Waals surface area (Å²) in [6, 6.07) is 96.1. The van der Waals surface area contributed by atoms with Crippen LogP contribution in [0.3, 0.4) is 0 Å². The van der Waals surface area contributed by atoms with Gasteiger partial charge in [-0.15, -0.1) is 0 Å². The van der Waals surface area contributed by atoms with Crippen molar-refractivity contribution in [2.45, 2.75) is 5.41 Å². The molecule has 68 heavy (non-hydrogen) atoms. The van der Waals surface area contributed by atoms with Gasteiger partial charge >= 0.3 is 0 Å². The Kier molecular flexibility index (Phi) is 8.50. The molecule has 3 heteroatoms. The predicted octanol–water partition coefficient (Wildman–Crippen LogP) is 17.2. The summed E-state index contributed by atoms with van der Waals surface area (Å²) in [5.74, 6) is 0. The molecule has 0 radical (unpaired) electrons. The van der Waals surface area contributed by atoms with Crippen LogP contribution in [-0.2, 0) is 5.41 Å². The lowest BCUT2D eigenvalue weighted by Crippen LogP contribution is -2.26. The summed E-state index contributed by atoms with van der Waals surface area (Å²) in [5, 5.41) is 4.89. The van der Waals surface area contributed by atoms with Crippen molar-refractivity contribution in [2.75, 3.05) is 9.80 Å². The Balaban J connectivity index is 1.03. The Hall–Kier alpha value is -8.92. The highest BCUT2D eigenvalue weighted by Crippen LogP contribution is 2.65. The predicted molar refractivity (Wildman–Crippen MR) is 284 cm³/mol. The van der Waals surface area contributed by atoms with Crippen LogP contribution in [0.5, 0.6) is 0 Å². The van der Waals surface area contributed by atoms with E-state index in [2.05, 4.69) is 275 Å². The number of aromatic nitrogens is 1. The van der Waals surface area contributed by atoms with Crippen molar-refractivity contribution in [3.8, 4) is 27.9 Å². The number of hydrogen-bond donors (Lipinski definition) is 0. The largest absolute Gasteiger partial charge is 0.310 e. The van der Waals surface area contributed by atoms with Crippen LogP contribution >= 0.6 is 0 Å². The Morgan fingerprint density at radius 2 is 0.809 bits per heavy atom. The van der Waals surface area contributed by atoms with Gasteiger partial charge in [-0.25, -0.2) is 0 Å². The minimum Gasteiger partial charge on any atom is -0.310 e. The van der Waals surface area contributed by atoms with E-state index in [9.17, 15) is 0 Å². The lowest BCUT2D eigenvalue weighted by molar-refractivity contribution is 0.793. The van der Waals surface area contributed by atoms with Crippen molar-refractivity contribution >= 4 is 66.7 Å². The first kappa shape index (κ1) is 38.4. The lowest BCUT2D eigenvalue weighted by Gasteiger charge is -2.33. The van der Waals surface area contributed by atoms with Crippen molar-refractivity contribution in [1.29, 1.82) is 0 Å². The van der Waals surface area contributed by atoms with Crippen LogP contribution in [0.2, 0.25) is 0 Å². The van der Waals surface area contributed by atoms with E-state index in [-0.39, 0.29) is 0 Å². The number of para-hydroxylation sites is 4. The molecule has 0 amide bonds. The Bertz CT molecular complexity index is 3920. The first-order valence-corrected chi connectivity index (χ1v) is 23.5. The Morgan fingerprint density at radius 3 is 1.59 bits per heavy atom. The van der Waals surface area contributed by atoms with Gasteiger partial charge in [-0.1, -0.05) is 182 Å². The standard InChI is InChI=1S/C65H43N3/c1-4-22-45(23-5-1)66(60-36-18-21-44-20-10-11-28-50(44)60)48-38-40-52-51-29-12-15-32-56(51)65(59(52)42-48)57-33-16-13-31-55(57)64-58(65)34-19-37-62(64)67(46-24-6-2-7-25-46)49-39-41-54-53-30-14-17-35-61(53)68(63(54)43-49)47-26-8-3-9-27-47/h1-43H. The molecule has 1 spiro atoms. The van der Waals surface area contributed by atoms with Gasteiger partial charge < -0.3 is 14.4 Å². The summed E-state index contributed by atoms with van der Waals surface area (Å²) in [6.45, 7) is 0. The average molecular weight is 866 g/mol. The first-order chi connectivity index (χ1) is 33.8. The molecule has 3 nitrogen and oxygen atoms in total. The molecule has 11 aromatic carbocycles. The van der Waals surface area contributed by atoms with E-state index in [1.54, 1.807) is 0 Å².